The molecule has 0 N–H and O–H groups in total. The summed E-state index contributed by atoms with van der Waals surface area (Å²) in [6.45, 7) is 8.85. The minimum Gasteiger partial charge on any atom is -0.304 e. The molecule has 1 atom stereocenters. The van der Waals surface area contributed by atoms with E-state index in [1.165, 1.54) is 5.56 Å². The fraction of sp³-hybridized carbons (Fsp3) is 0.211. The summed E-state index contributed by atoms with van der Waals surface area (Å²) in [5.74, 6) is 0.428. The van der Waals surface area contributed by atoms with Crippen molar-refractivity contribution in [3.63, 3.8) is 0 Å². The monoisotopic (exact) mass is 277 g/mol. The largest absolute Gasteiger partial charge is 0.304 e. The summed E-state index contributed by atoms with van der Waals surface area (Å²) in [4.78, 5) is 14.3. The van der Waals surface area contributed by atoms with Gasteiger partial charge >= 0.3 is 0 Å². The number of amides is 1. The maximum atomic E-state index is 12.4. The third-order valence-corrected chi connectivity index (χ3v) is 4.27. The quantitative estimate of drug-likeness (QED) is 0.755. The maximum Gasteiger partial charge on any atom is 0.258 e. The fourth-order valence-corrected chi connectivity index (χ4v) is 2.69. The van der Waals surface area contributed by atoms with Gasteiger partial charge in [0, 0.05) is 17.2 Å². The van der Waals surface area contributed by atoms with Crippen molar-refractivity contribution in [3.05, 3.63) is 77.4 Å². The minimum atomic E-state index is 0.0892. The first-order valence-corrected chi connectivity index (χ1v) is 7.23. The number of hydrogen-bond donors (Lipinski definition) is 0. The predicted molar refractivity (Wildman–Crippen MR) is 86.6 cm³/mol. The molecule has 0 aliphatic carbocycles. The van der Waals surface area contributed by atoms with E-state index in [4.69, 9.17) is 0 Å². The zero-order valence-corrected chi connectivity index (χ0v) is 12.5. The second kappa shape index (κ2) is 5.21. The molecule has 1 heterocycles. The van der Waals surface area contributed by atoms with Crippen LogP contribution in [0.1, 0.15) is 41.3 Å². The van der Waals surface area contributed by atoms with Crippen molar-refractivity contribution < 1.29 is 4.79 Å². The average Bonchev–Trinajstić information content (AvgIpc) is 2.84. The van der Waals surface area contributed by atoms with Crippen LogP contribution in [0.15, 0.2) is 60.7 Å². The van der Waals surface area contributed by atoms with Crippen LogP contribution in [-0.4, -0.2) is 5.91 Å². The van der Waals surface area contributed by atoms with Crippen molar-refractivity contribution >= 4 is 11.6 Å². The molecule has 0 radical (unpaired) electrons. The van der Waals surface area contributed by atoms with E-state index in [0.717, 1.165) is 22.4 Å². The van der Waals surface area contributed by atoms with E-state index in [-0.39, 0.29) is 5.91 Å². The molecule has 0 unspecified atom stereocenters. The molecule has 106 valence electrons. The minimum absolute atomic E-state index is 0.0892. The molecular formula is C19H19NO. The van der Waals surface area contributed by atoms with Crippen molar-refractivity contribution in [2.24, 2.45) is 0 Å². The number of fused-ring (bicyclic) bond motifs is 1. The van der Waals surface area contributed by atoms with Gasteiger partial charge in [-0.05, 0) is 36.2 Å². The van der Waals surface area contributed by atoms with Gasteiger partial charge in [-0.1, -0.05) is 49.4 Å². The summed E-state index contributed by atoms with van der Waals surface area (Å²) >= 11 is 0. The Kier molecular flexibility index (Phi) is 3.38. The van der Waals surface area contributed by atoms with Gasteiger partial charge in [-0.25, -0.2) is 0 Å². The molecule has 0 spiro atoms. The first kappa shape index (κ1) is 13.6. The Hall–Kier alpha value is -2.35. The van der Waals surface area contributed by atoms with Gasteiger partial charge in [0.25, 0.3) is 5.91 Å². The molecule has 21 heavy (non-hydrogen) atoms. The number of benzene rings is 2. The highest BCUT2D eigenvalue weighted by Gasteiger charge is 2.27. The Bertz CT molecular complexity index is 700. The van der Waals surface area contributed by atoms with Gasteiger partial charge in [0.15, 0.2) is 0 Å². The Morgan fingerprint density at radius 1 is 1.14 bits per heavy atom. The number of nitrogens with zero attached hydrogens (tertiary/aromatic N) is 1. The second-order valence-corrected chi connectivity index (χ2v) is 5.71. The number of allylic oxidation sites excluding steroid dienone is 1. The van der Waals surface area contributed by atoms with E-state index in [1.807, 2.05) is 48.2 Å². The Labute approximate surface area is 125 Å². The van der Waals surface area contributed by atoms with Gasteiger partial charge in [0.05, 0.1) is 6.54 Å². The smallest absolute Gasteiger partial charge is 0.258 e. The lowest BCUT2D eigenvalue weighted by Crippen LogP contribution is -2.22. The van der Waals surface area contributed by atoms with E-state index in [1.54, 1.807) is 0 Å². The molecule has 0 saturated carbocycles. The van der Waals surface area contributed by atoms with E-state index in [2.05, 4.69) is 25.6 Å². The number of carbonyl (C=O) groups excluding carboxylic acids is 1. The lowest BCUT2D eigenvalue weighted by molar-refractivity contribution is 0.0996. The van der Waals surface area contributed by atoms with E-state index in [0.29, 0.717) is 12.5 Å². The second-order valence-electron chi connectivity index (χ2n) is 5.71. The van der Waals surface area contributed by atoms with Gasteiger partial charge < -0.3 is 4.90 Å². The van der Waals surface area contributed by atoms with Crippen LogP contribution < -0.4 is 4.90 Å². The third kappa shape index (κ3) is 2.38. The molecule has 2 aromatic carbocycles. The number of hydrogen-bond acceptors (Lipinski definition) is 1. The van der Waals surface area contributed by atoms with Crippen LogP contribution in [0.5, 0.6) is 0 Å². The third-order valence-electron chi connectivity index (χ3n) is 4.27. The van der Waals surface area contributed by atoms with E-state index < -0.39 is 0 Å². The summed E-state index contributed by atoms with van der Waals surface area (Å²) in [6, 6.07) is 16.0. The van der Waals surface area contributed by atoms with Crippen LogP contribution in [0.3, 0.4) is 0 Å². The summed E-state index contributed by atoms with van der Waals surface area (Å²) in [6.07, 6.45) is 0. The van der Waals surface area contributed by atoms with Crippen LogP contribution in [0.2, 0.25) is 0 Å². The van der Waals surface area contributed by atoms with Gasteiger partial charge in [-0.2, -0.15) is 0 Å². The molecule has 0 aromatic heterocycles. The summed E-state index contributed by atoms with van der Waals surface area (Å²) in [5, 5.41) is 0. The molecule has 0 saturated heterocycles. The maximum absolute atomic E-state index is 12.4. The van der Waals surface area contributed by atoms with Crippen molar-refractivity contribution in [2.45, 2.75) is 26.3 Å². The summed E-state index contributed by atoms with van der Waals surface area (Å²) in [5.41, 5.74) is 5.25. The number of carbonyl (C=O) groups is 1. The van der Waals surface area contributed by atoms with E-state index >= 15 is 0 Å². The molecular weight excluding hydrogens is 258 g/mol. The highest BCUT2D eigenvalue weighted by Crippen LogP contribution is 2.30. The summed E-state index contributed by atoms with van der Waals surface area (Å²) < 4.78 is 0. The zero-order valence-electron chi connectivity index (χ0n) is 12.5. The number of anilines is 1. The molecule has 1 aliphatic rings. The summed E-state index contributed by atoms with van der Waals surface area (Å²) in [7, 11) is 0. The van der Waals surface area contributed by atoms with Crippen molar-refractivity contribution in [2.75, 3.05) is 4.90 Å². The molecule has 2 nitrogen and oxygen atoms in total. The molecule has 0 bridgehead atoms. The lowest BCUT2D eigenvalue weighted by Gasteiger charge is -2.18. The Balaban J connectivity index is 1.87. The van der Waals surface area contributed by atoms with Crippen LogP contribution in [0.4, 0.5) is 5.69 Å². The van der Waals surface area contributed by atoms with Crippen LogP contribution in [-0.2, 0) is 6.54 Å². The number of rotatable bonds is 3. The zero-order chi connectivity index (χ0) is 15.0. The molecule has 2 heteroatoms. The highest BCUT2D eigenvalue weighted by atomic mass is 16.2. The molecule has 2 aromatic rings. The average molecular weight is 277 g/mol. The molecule has 0 fully saturated rings. The van der Waals surface area contributed by atoms with Gasteiger partial charge in [0.2, 0.25) is 0 Å². The van der Waals surface area contributed by atoms with Crippen LogP contribution in [0.25, 0.3) is 0 Å². The first-order chi connectivity index (χ1) is 10.1. The van der Waals surface area contributed by atoms with Gasteiger partial charge in [-0.15, -0.1) is 0 Å². The van der Waals surface area contributed by atoms with Gasteiger partial charge in [-0.3, -0.25) is 4.79 Å². The lowest BCUT2D eigenvalue weighted by atomic mass is 9.95. The topological polar surface area (TPSA) is 20.3 Å². The molecule has 1 aliphatic heterocycles. The Morgan fingerprint density at radius 2 is 1.81 bits per heavy atom. The first-order valence-electron chi connectivity index (χ1n) is 7.23. The van der Waals surface area contributed by atoms with Crippen molar-refractivity contribution in [1.82, 2.24) is 0 Å². The van der Waals surface area contributed by atoms with Gasteiger partial charge in [0.1, 0.15) is 0 Å². The predicted octanol–water partition coefficient (Wildman–Crippen LogP) is 4.53. The van der Waals surface area contributed by atoms with Crippen molar-refractivity contribution in [1.29, 1.82) is 0 Å². The van der Waals surface area contributed by atoms with Crippen molar-refractivity contribution in [3.8, 4) is 0 Å². The van der Waals surface area contributed by atoms with Crippen LogP contribution in [0, 0.1) is 0 Å². The molecule has 1 amide bonds. The van der Waals surface area contributed by atoms with E-state index in [9.17, 15) is 4.79 Å². The standard InChI is InChI=1S/C19H19NO/c1-13(2)14(3)15-8-10-17(11-9-15)20-12-16-6-4-5-7-18(16)19(20)21/h4-11,14H,1,12H2,2-3H3/t14-/m1/s1. The fourth-order valence-electron chi connectivity index (χ4n) is 2.69. The molecule has 3 rings (SSSR count). The van der Waals surface area contributed by atoms with Crippen LogP contribution >= 0.6 is 0 Å². The highest BCUT2D eigenvalue weighted by molar-refractivity contribution is 6.09. The normalized spacial score (nSPS) is 15.0. The SMILES string of the molecule is C=C(C)[C@@H](C)c1ccc(N2Cc3ccccc3C2=O)cc1. The Morgan fingerprint density at radius 3 is 2.43 bits per heavy atom.